The van der Waals surface area contributed by atoms with Crippen LogP contribution in [0.15, 0.2) is 17.2 Å². The molecule has 1 heterocycles. The molecule has 0 spiro atoms. The Morgan fingerprint density at radius 3 is 2.82 bits per heavy atom. The van der Waals surface area contributed by atoms with Crippen LogP contribution in [0.4, 0.5) is 4.79 Å². The number of aryl methyl sites for hydroxylation is 1. The molecule has 0 radical (unpaired) electrons. The van der Waals surface area contributed by atoms with Crippen molar-refractivity contribution < 1.29 is 4.79 Å². The van der Waals surface area contributed by atoms with Gasteiger partial charge in [0.05, 0.1) is 0 Å². The number of nitrogens with two attached hydrogens (primary N) is 1. The highest BCUT2D eigenvalue weighted by molar-refractivity contribution is 5.74. The Morgan fingerprint density at radius 1 is 1.73 bits per heavy atom. The normalized spacial score (nSPS) is 9.55. The van der Waals surface area contributed by atoms with Crippen molar-refractivity contribution in [1.82, 2.24) is 9.55 Å². The first kappa shape index (κ1) is 7.46. The lowest BCUT2D eigenvalue weighted by atomic mass is 10.4. The molecule has 0 saturated heterocycles. The summed E-state index contributed by atoms with van der Waals surface area (Å²) in [5, 5.41) is 0. The Kier molecular flexibility index (Phi) is 1.72. The SMILES string of the molecule is Cc1cc(=O)n(C(N)=O)cn1. The van der Waals surface area contributed by atoms with Gasteiger partial charge in [0, 0.05) is 11.8 Å². The summed E-state index contributed by atoms with van der Waals surface area (Å²) in [4.78, 5) is 25.1. The standard InChI is InChI=1S/C6H7N3O2/c1-4-2-5(10)9(3-8-4)6(7)11/h2-3H,1H3,(H2,7,11). The molecule has 1 amide bonds. The van der Waals surface area contributed by atoms with E-state index in [2.05, 4.69) is 4.98 Å². The molecule has 0 atom stereocenters. The Balaban J connectivity index is 3.32. The second-order valence-corrected chi connectivity index (χ2v) is 2.08. The summed E-state index contributed by atoms with van der Waals surface area (Å²) in [6.45, 7) is 1.66. The number of hydrogen-bond donors (Lipinski definition) is 1. The van der Waals surface area contributed by atoms with Crippen molar-refractivity contribution in [3.8, 4) is 0 Å². The quantitative estimate of drug-likeness (QED) is 0.544. The first-order valence-electron chi connectivity index (χ1n) is 2.96. The molecule has 0 aromatic carbocycles. The van der Waals surface area contributed by atoms with Gasteiger partial charge in [-0.3, -0.25) is 4.79 Å². The van der Waals surface area contributed by atoms with Crippen molar-refractivity contribution in [2.24, 2.45) is 5.73 Å². The van der Waals surface area contributed by atoms with E-state index in [1.807, 2.05) is 0 Å². The minimum Gasteiger partial charge on any atom is -0.351 e. The molecule has 1 rings (SSSR count). The van der Waals surface area contributed by atoms with Crippen LogP contribution in [0.5, 0.6) is 0 Å². The van der Waals surface area contributed by atoms with Gasteiger partial charge >= 0.3 is 6.03 Å². The van der Waals surface area contributed by atoms with Gasteiger partial charge in [-0.25, -0.2) is 14.3 Å². The zero-order valence-corrected chi connectivity index (χ0v) is 5.94. The van der Waals surface area contributed by atoms with Gasteiger partial charge in [-0.1, -0.05) is 0 Å². The zero-order valence-electron chi connectivity index (χ0n) is 5.94. The largest absolute Gasteiger partial charge is 0.351 e. The fraction of sp³-hybridized carbons (Fsp3) is 0.167. The molecular weight excluding hydrogens is 146 g/mol. The molecule has 0 fully saturated rings. The summed E-state index contributed by atoms with van der Waals surface area (Å²) >= 11 is 0. The molecule has 1 aromatic rings. The van der Waals surface area contributed by atoms with Crippen LogP contribution in [0.25, 0.3) is 0 Å². The molecule has 1 aromatic heterocycles. The first-order valence-corrected chi connectivity index (χ1v) is 2.96. The molecule has 11 heavy (non-hydrogen) atoms. The number of aromatic nitrogens is 2. The molecule has 0 saturated carbocycles. The Hall–Kier alpha value is -1.65. The highest BCUT2D eigenvalue weighted by Crippen LogP contribution is 1.82. The van der Waals surface area contributed by atoms with E-state index in [1.165, 1.54) is 6.07 Å². The van der Waals surface area contributed by atoms with E-state index in [1.54, 1.807) is 6.92 Å². The van der Waals surface area contributed by atoms with E-state index in [9.17, 15) is 9.59 Å². The summed E-state index contributed by atoms with van der Waals surface area (Å²) in [5.41, 5.74) is 4.96. The number of carbonyl (C=O) groups is 1. The number of carbonyl (C=O) groups excluding carboxylic acids is 1. The van der Waals surface area contributed by atoms with Crippen molar-refractivity contribution in [1.29, 1.82) is 0 Å². The average molecular weight is 153 g/mol. The van der Waals surface area contributed by atoms with Gasteiger partial charge in [0.1, 0.15) is 6.33 Å². The van der Waals surface area contributed by atoms with Gasteiger partial charge in [0.25, 0.3) is 5.56 Å². The third-order valence-electron chi connectivity index (χ3n) is 1.18. The third kappa shape index (κ3) is 1.43. The van der Waals surface area contributed by atoms with Gasteiger partial charge in [0.15, 0.2) is 0 Å². The molecule has 5 nitrogen and oxygen atoms in total. The molecule has 0 aliphatic rings. The maximum atomic E-state index is 10.9. The number of hydrogen-bond acceptors (Lipinski definition) is 3. The molecule has 0 unspecified atom stereocenters. The van der Waals surface area contributed by atoms with E-state index in [0.29, 0.717) is 5.69 Å². The van der Waals surface area contributed by atoms with Crippen molar-refractivity contribution in [3.05, 3.63) is 28.4 Å². The van der Waals surface area contributed by atoms with Crippen LogP contribution >= 0.6 is 0 Å². The molecular formula is C6H7N3O2. The smallest absolute Gasteiger partial charge is 0.327 e. The van der Waals surface area contributed by atoms with E-state index in [0.717, 1.165) is 10.9 Å². The maximum absolute atomic E-state index is 10.9. The molecule has 5 heteroatoms. The minimum atomic E-state index is -0.817. The van der Waals surface area contributed by atoms with E-state index in [-0.39, 0.29) is 0 Å². The molecule has 0 aliphatic carbocycles. The van der Waals surface area contributed by atoms with Crippen molar-refractivity contribution in [3.63, 3.8) is 0 Å². The van der Waals surface area contributed by atoms with E-state index < -0.39 is 11.6 Å². The van der Waals surface area contributed by atoms with Crippen LogP contribution in [-0.4, -0.2) is 15.6 Å². The number of primary amides is 1. The lowest BCUT2D eigenvalue weighted by molar-refractivity contribution is 0.249. The predicted octanol–water partition coefficient (Wildman–Crippen LogP) is -0.521. The van der Waals surface area contributed by atoms with Gasteiger partial charge in [-0.2, -0.15) is 0 Å². The second-order valence-electron chi connectivity index (χ2n) is 2.08. The highest BCUT2D eigenvalue weighted by Gasteiger charge is 2.00. The first-order chi connectivity index (χ1) is 5.11. The third-order valence-corrected chi connectivity index (χ3v) is 1.18. The fourth-order valence-electron chi connectivity index (χ4n) is 0.657. The van der Waals surface area contributed by atoms with Crippen LogP contribution in [0.3, 0.4) is 0 Å². The van der Waals surface area contributed by atoms with E-state index in [4.69, 9.17) is 5.73 Å². The summed E-state index contributed by atoms with van der Waals surface area (Å²) < 4.78 is 0.743. The van der Waals surface area contributed by atoms with Crippen LogP contribution in [0, 0.1) is 6.92 Å². The Bertz CT molecular complexity index is 342. The Morgan fingerprint density at radius 2 is 2.36 bits per heavy atom. The summed E-state index contributed by atoms with van der Waals surface area (Å²) in [5.74, 6) is 0. The summed E-state index contributed by atoms with van der Waals surface area (Å²) in [7, 11) is 0. The monoisotopic (exact) mass is 153 g/mol. The van der Waals surface area contributed by atoms with Crippen LogP contribution < -0.4 is 11.3 Å². The van der Waals surface area contributed by atoms with Gasteiger partial charge < -0.3 is 5.73 Å². The van der Waals surface area contributed by atoms with Gasteiger partial charge in [-0.05, 0) is 6.92 Å². The molecule has 58 valence electrons. The number of rotatable bonds is 0. The average Bonchev–Trinajstić information content (AvgIpc) is 1.85. The minimum absolute atomic E-state index is 0.454. The Labute approximate surface area is 62.5 Å². The predicted molar refractivity (Wildman–Crippen MR) is 38.2 cm³/mol. The highest BCUT2D eigenvalue weighted by atomic mass is 16.2. The fourth-order valence-corrected chi connectivity index (χ4v) is 0.657. The maximum Gasteiger partial charge on any atom is 0.327 e. The van der Waals surface area contributed by atoms with Gasteiger partial charge in [0.2, 0.25) is 0 Å². The summed E-state index contributed by atoms with van der Waals surface area (Å²) in [6.07, 6.45) is 1.11. The van der Waals surface area contributed by atoms with Crippen LogP contribution in [0.1, 0.15) is 5.69 Å². The number of amides is 1. The van der Waals surface area contributed by atoms with Gasteiger partial charge in [-0.15, -0.1) is 0 Å². The summed E-state index contributed by atoms with van der Waals surface area (Å²) in [6, 6.07) is 0.424. The van der Waals surface area contributed by atoms with Crippen molar-refractivity contribution >= 4 is 6.03 Å². The lowest BCUT2D eigenvalue weighted by Crippen LogP contribution is -2.31. The van der Waals surface area contributed by atoms with Crippen molar-refractivity contribution in [2.75, 3.05) is 0 Å². The zero-order chi connectivity index (χ0) is 8.43. The van der Waals surface area contributed by atoms with E-state index >= 15 is 0 Å². The second kappa shape index (κ2) is 2.53. The molecule has 0 aliphatic heterocycles. The molecule has 0 bridgehead atoms. The van der Waals surface area contributed by atoms with Crippen LogP contribution in [-0.2, 0) is 0 Å². The van der Waals surface area contributed by atoms with Crippen LogP contribution in [0.2, 0.25) is 0 Å². The molecule has 2 N–H and O–H groups in total. The van der Waals surface area contributed by atoms with Crippen molar-refractivity contribution in [2.45, 2.75) is 6.92 Å². The number of nitrogens with zero attached hydrogens (tertiary/aromatic N) is 2. The topological polar surface area (TPSA) is 78.0 Å². The lowest BCUT2D eigenvalue weighted by Gasteiger charge is -1.96.